The first-order valence-corrected chi connectivity index (χ1v) is 9.09. The SMILES string of the molecule is COCC1CCN(C(=O)c2ccc(Oc3ccc(C(C)C)cc3)nc2)C1. The Labute approximate surface area is 155 Å². The number of carbonyl (C=O) groups is 1. The average molecular weight is 354 g/mol. The maximum atomic E-state index is 12.6. The lowest BCUT2D eigenvalue weighted by atomic mass is 10.0. The van der Waals surface area contributed by atoms with Crippen molar-refractivity contribution >= 4 is 5.91 Å². The van der Waals surface area contributed by atoms with E-state index in [4.69, 9.17) is 9.47 Å². The van der Waals surface area contributed by atoms with E-state index in [1.165, 1.54) is 5.56 Å². The zero-order valence-corrected chi connectivity index (χ0v) is 15.6. The first-order valence-electron chi connectivity index (χ1n) is 9.09. The first-order chi connectivity index (χ1) is 12.6. The molecule has 1 amide bonds. The minimum Gasteiger partial charge on any atom is -0.439 e. The third-order valence-electron chi connectivity index (χ3n) is 4.73. The van der Waals surface area contributed by atoms with Gasteiger partial charge < -0.3 is 14.4 Å². The number of aromatic nitrogens is 1. The van der Waals surface area contributed by atoms with E-state index in [1.807, 2.05) is 17.0 Å². The largest absolute Gasteiger partial charge is 0.439 e. The molecule has 1 fully saturated rings. The molecule has 138 valence electrons. The van der Waals surface area contributed by atoms with Crippen molar-refractivity contribution in [2.24, 2.45) is 5.92 Å². The molecule has 5 nitrogen and oxygen atoms in total. The molecule has 1 aliphatic heterocycles. The van der Waals surface area contributed by atoms with Gasteiger partial charge in [0.25, 0.3) is 5.91 Å². The summed E-state index contributed by atoms with van der Waals surface area (Å²) in [5.41, 5.74) is 1.86. The highest BCUT2D eigenvalue weighted by Gasteiger charge is 2.27. The van der Waals surface area contributed by atoms with Crippen molar-refractivity contribution in [3.05, 3.63) is 53.7 Å². The molecule has 1 atom stereocenters. The van der Waals surface area contributed by atoms with Crippen molar-refractivity contribution in [1.29, 1.82) is 0 Å². The summed E-state index contributed by atoms with van der Waals surface area (Å²) in [5, 5.41) is 0. The summed E-state index contributed by atoms with van der Waals surface area (Å²) < 4.78 is 11.0. The second-order valence-electron chi connectivity index (χ2n) is 7.07. The Bertz CT molecular complexity index is 726. The lowest BCUT2D eigenvalue weighted by Gasteiger charge is -2.16. The van der Waals surface area contributed by atoms with E-state index in [0.29, 0.717) is 29.9 Å². The van der Waals surface area contributed by atoms with Gasteiger partial charge in [-0.05, 0) is 36.1 Å². The van der Waals surface area contributed by atoms with Gasteiger partial charge in [-0.3, -0.25) is 4.79 Å². The number of benzene rings is 1. The Morgan fingerprint density at radius 2 is 2.00 bits per heavy atom. The van der Waals surface area contributed by atoms with Gasteiger partial charge in [0.05, 0.1) is 12.2 Å². The molecule has 3 rings (SSSR count). The molecular weight excluding hydrogens is 328 g/mol. The van der Waals surface area contributed by atoms with E-state index in [0.717, 1.165) is 25.3 Å². The molecule has 1 aromatic carbocycles. The molecule has 1 aromatic heterocycles. The van der Waals surface area contributed by atoms with Crippen LogP contribution in [-0.4, -0.2) is 42.6 Å². The fraction of sp³-hybridized carbons (Fsp3) is 0.429. The Kier molecular flexibility index (Phi) is 5.89. The van der Waals surface area contributed by atoms with Crippen LogP contribution in [0.2, 0.25) is 0 Å². The van der Waals surface area contributed by atoms with Crippen LogP contribution < -0.4 is 4.74 Å². The molecule has 2 aromatic rings. The number of amides is 1. The Morgan fingerprint density at radius 1 is 1.23 bits per heavy atom. The van der Waals surface area contributed by atoms with E-state index in [-0.39, 0.29) is 5.91 Å². The third kappa shape index (κ3) is 4.41. The van der Waals surface area contributed by atoms with Crippen LogP contribution in [0.4, 0.5) is 0 Å². The number of hydrogen-bond acceptors (Lipinski definition) is 4. The second kappa shape index (κ2) is 8.32. The number of nitrogens with zero attached hydrogens (tertiary/aromatic N) is 2. The highest BCUT2D eigenvalue weighted by molar-refractivity contribution is 5.94. The van der Waals surface area contributed by atoms with Crippen LogP contribution in [0.3, 0.4) is 0 Å². The highest BCUT2D eigenvalue weighted by atomic mass is 16.5. The summed E-state index contributed by atoms with van der Waals surface area (Å²) in [6, 6.07) is 11.5. The van der Waals surface area contributed by atoms with E-state index in [2.05, 4.69) is 31.0 Å². The Hall–Kier alpha value is -2.40. The standard InChI is InChI=1S/C21H26N2O3/c1-15(2)17-4-7-19(8-5-17)26-20-9-6-18(12-22-20)21(24)23-11-10-16(13-23)14-25-3/h4-9,12,15-16H,10-11,13-14H2,1-3H3. The maximum Gasteiger partial charge on any atom is 0.255 e. The van der Waals surface area contributed by atoms with Crippen molar-refractivity contribution < 1.29 is 14.3 Å². The molecule has 0 aliphatic carbocycles. The Balaban J connectivity index is 1.60. The highest BCUT2D eigenvalue weighted by Crippen LogP contribution is 2.24. The average Bonchev–Trinajstić information content (AvgIpc) is 3.11. The van der Waals surface area contributed by atoms with Crippen LogP contribution in [0.25, 0.3) is 0 Å². The second-order valence-corrected chi connectivity index (χ2v) is 7.07. The number of ether oxygens (including phenoxy) is 2. The van der Waals surface area contributed by atoms with Gasteiger partial charge in [0.15, 0.2) is 0 Å². The lowest BCUT2D eigenvalue weighted by molar-refractivity contribution is 0.0775. The summed E-state index contributed by atoms with van der Waals surface area (Å²) in [5.74, 6) is 2.15. The molecule has 0 saturated carbocycles. The molecule has 2 heterocycles. The zero-order valence-electron chi connectivity index (χ0n) is 15.6. The predicted octanol–water partition coefficient (Wildman–Crippen LogP) is 4.11. The van der Waals surface area contributed by atoms with E-state index in [1.54, 1.807) is 25.4 Å². The van der Waals surface area contributed by atoms with Crippen molar-refractivity contribution in [2.45, 2.75) is 26.2 Å². The van der Waals surface area contributed by atoms with E-state index < -0.39 is 0 Å². The summed E-state index contributed by atoms with van der Waals surface area (Å²) >= 11 is 0. The Morgan fingerprint density at radius 3 is 2.62 bits per heavy atom. The molecule has 26 heavy (non-hydrogen) atoms. The number of methoxy groups -OCH3 is 1. The van der Waals surface area contributed by atoms with Crippen molar-refractivity contribution in [2.75, 3.05) is 26.8 Å². The summed E-state index contributed by atoms with van der Waals surface area (Å²) in [7, 11) is 1.70. The van der Waals surface area contributed by atoms with Crippen molar-refractivity contribution in [3.63, 3.8) is 0 Å². The summed E-state index contributed by atoms with van der Waals surface area (Å²) in [6.07, 6.45) is 2.57. The molecule has 5 heteroatoms. The molecule has 0 spiro atoms. The first kappa shape index (κ1) is 18.4. The van der Waals surface area contributed by atoms with Gasteiger partial charge in [-0.2, -0.15) is 0 Å². The van der Waals surface area contributed by atoms with Crippen LogP contribution in [0.1, 0.15) is 42.1 Å². The van der Waals surface area contributed by atoms with Gasteiger partial charge in [0, 0.05) is 38.4 Å². The van der Waals surface area contributed by atoms with Gasteiger partial charge in [-0.1, -0.05) is 26.0 Å². The number of carbonyl (C=O) groups excluding carboxylic acids is 1. The molecule has 1 aliphatic rings. The number of pyridine rings is 1. The minimum absolute atomic E-state index is 0.0175. The smallest absolute Gasteiger partial charge is 0.255 e. The van der Waals surface area contributed by atoms with Crippen LogP contribution in [-0.2, 0) is 4.74 Å². The van der Waals surface area contributed by atoms with Gasteiger partial charge in [0.2, 0.25) is 5.88 Å². The van der Waals surface area contributed by atoms with E-state index >= 15 is 0 Å². The number of likely N-dealkylation sites (tertiary alicyclic amines) is 1. The molecule has 0 radical (unpaired) electrons. The predicted molar refractivity (Wildman–Crippen MR) is 101 cm³/mol. The van der Waals surface area contributed by atoms with Gasteiger partial charge in [0.1, 0.15) is 5.75 Å². The molecule has 0 bridgehead atoms. The normalized spacial score (nSPS) is 16.9. The molecule has 1 unspecified atom stereocenters. The number of hydrogen-bond donors (Lipinski definition) is 0. The van der Waals surface area contributed by atoms with Gasteiger partial charge >= 0.3 is 0 Å². The van der Waals surface area contributed by atoms with Crippen LogP contribution in [0, 0.1) is 5.92 Å². The molecule has 1 saturated heterocycles. The summed E-state index contributed by atoms with van der Waals surface area (Å²) in [6.45, 7) is 6.53. The van der Waals surface area contributed by atoms with Crippen LogP contribution in [0.15, 0.2) is 42.6 Å². The monoisotopic (exact) mass is 354 g/mol. The molecular formula is C21H26N2O3. The minimum atomic E-state index is 0.0175. The topological polar surface area (TPSA) is 51.7 Å². The fourth-order valence-electron chi connectivity index (χ4n) is 3.18. The van der Waals surface area contributed by atoms with Crippen LogP contribution >= 0.6 is 0 Å². The maximum absolute atomic E-state index is 12.6. The van der Waals surface area contributed by atoms with Crippen molar-refractivity contribution in [3.8, 4) is 11.6 Å². The fourth-order valence-corrected chi connectivity index (χ4v) is 3.18. The number of rotatable bonds is 6. The van der Waals surface area contributed by atoms with E-state index in [9.17, 15) is 4.79 Å². The summed E-state index contributed by atoms with van der Waals surface area (Å²) in [4.78, 5) is 18.7. The molecule has 0 N–H and O–H groups in total. The third-order valence-corrected chi connectivity index (χ3v) is 4.73. The quantitative estimate of drug-likeness (QED) is 0.783. The zero-order chi connectivity index (χ0) is 18.5. The van der Waals surface area contributed by atoms with Crippen LogP contribution in [0.5, 0.6) is 11.6 Å². The lowest BCUT2D eigenvalue weighted by Crippen LogP contribution is -2.29. The van der Waals surface area contributed by atoms with Gasteiger partial charge in [-0.15, -0.1) is 0 Å². The van der Waals surface area contributed by atoms with Crippen molar-refractivity contribution in [1.82, 2.24) is 9.88 Å². The van der Waals surface area contributed by atoms with Gasteiger partial charge in [-0.25, -0.2) is 4.98 Å².